The Hall–Kier alpha value is -3.87. The first kappa shape index (κ1) is 19.9. The van der Waals surface area contributed by atoms with E-state index in [9.17, 15) is 14.0 Å². The number of rotatable bonds is 6. The highest BCUT2D eigenvalue weighted by Crippen LogP contribution is 2.16. The molecule has 0 saturated heterocycles. The van der Waals surface area contributed by atoms with Crippen LogP contribution in [-0.4, -0.2) is 25.2 Å². The summed E-state index contributed by atoms with van der Waals surface area (Å²) in [7, 11) is 0. The predicted octanol–water partition coefficient (Wildman–Crippen LogP) is 4.69. The normalized spacial score (nSPS) is 10.1. The Morgan fingerprint density at radius 1 is 0.759 bits per heavy atom. The number of amides is 4. The highest BCUT2D eigenvalue weighted by molar-refractivity contribution is 6.01. The van der Waals surface area contributed by atoms with Crippen molar-refractivity contribution >= 4 is 29.1 Å². The molecule has 4 amide bonds. The van der Waals surface area contributed by atoms with Crippen LogP contribution in [0, 0.1) is 5.82 Å². The maximum atomic E-state index is 13.3. The lowest BCUT2D eigenvalue weighted by Crippen LogP contribution is -2.42. The molecular formula is C22H21FN4O2. The van der Waals surface area contributed by atoms with E-state index in [1.54, 1.807) is 24.3 Å². The number of nitrogens with one attached hydrogen (secondary N) is 3. The third kappa shape index (κ3) is 6.07. The Morgan fingerprint density at radius 3 is 1.90 bits per heavy atom. The lowest BCUT2D eigenvalue weighted by molar-refractivity contribution is 0.250. The third-order valence-corrected chi connectivity index (χ3v) is 4.06. The molecule has 0 heterocycles. The van der Waals surface area contributed by atoms with Crippen molar-refractivity contribution < 1.29 is 14.0 Å². The van der Waals surface area contributed by atoms with Crippen molar-refractivity contribution in [2.24, 2.45) is 0 Å². The summed E-state index contributed by atoms with van der Waals surface area (Å²) in [5, 5.41) is 8.23. The minimum Gasteiger partial charge on any atom is -0.336 e. The number of benzene rings is 3. The molecule has 0 saturated carbocycles. The van der Waals surface area contributed by atoms with Crippen LogP contribution >= 0.6 is 0 Å². The van der Waals surface area contributed by atoms with E-state index in [-0.39, 0.29) is 25.2 Å². The van der Waals surface area contributed by atoms with Gasteiger partial charge in [-0.15, -0.1) is 0 Å². The average Bonchev–Trinajstić information content (AvgIpc) is 2.73. The van der Waals surface area contributed by atoms with E-state index in [0.717, 1.165) is 0 Å². The van der Waals surface area contributed by atoms with E-state index < -0.39 is 5.82 Å². The minimum absolute atomic E-state index is 0.201. The topological polar surface area (TPSA) is 73.5 Å². The van der Waals surface area contributed by atoms with E-state index >= 15 is 0 Å². The first-order chi connectivity index (χ1) is 14.1. The van der Waals surface area contributed by atoms with Crippen LogP contribution in [0.25, 0.3) is 0 Å². The molecule has 29 heavy (non-hydrogen) atoms. The minimum atomic E-state index is -0.391. The maximum absolute atomic E-state index is 13.3. The van der Waals surface area contributed by atoms with Crippen LogP contribution in [0.1, 0.15) is 0 Å². The largest absolute Gasteiger partial charge is 0.336 e. The molecule has 0 aliphatic rings. The molecule has 0 fully saturated rings. The number of carbonyl (C=O) groups excluding carboxylic acids is 2. The van der Waals surface area contributed by atoms with Crippen molar-refractivity contribution in [3.8, 4) is 0 Å². The van der Waals surface area contributed by atoms with E-state index in [0.29, 0.717) is 17.1 Å². The first-order valence-electron chi connectivity index (χ1n) is 9.11. The molecule has 0 radical (unpaired) electrons. The molecule has 0 aliphatic heterocycles. The van der Waals surface area contributed by atoms with Gasteiger partial charge in [0.05, 0.1) is 0 Å². The summed E-state index contributed by atoms with van der Waals surface area (Å²) in [6.45, 7) is 0.408. The lowest BCUT2D eigenvalue weighted by Gasteiger charge is -2.23. The van der Waals surface area contributed by atoms with Crippen LogP contribution < -0.4 is 20.9 Å². The molecule has 0 spiro atoms. The van der Waals surface area contributed by atoms with Crippen LogP contribution in [0.3, 0.4) is 0 Å². The van der Waals surface area contributed by atoms with Gasteiger partial charge in [0.15, 0.2) is 0 Å². The molecule has 3 rings (SSSR count). The fourth-order valence-corrected chi connectivity index (χ4v) is 2.66. The summed E-state index contributed by atoms with van der Waals surface area (Å²) in [4.78, 5) is 26.2. The molecule has 3 aromatic rings. The fourth-order valence-electron chi connectivity index (χ4n) is 2.66. The van der Waals surface area contributed by atoms with Gasteiger partial charge in [-0.3, -0.25) is 4.90 Å². The summed E-state index contributed by atoms with van der Waals surface area (Å²) >= 11 is 0. The van der Waals surface area contributed by atoms with E-state index in [1.807, 2.05) is 36.4 Å². The van der Waals surface area contributed by atoms with Crippen LogP contribution in [0.4, 0.5) is 31.0 Å². The van der Waals surface area contributed by atoms with Gasteiger partial charge in [0, 0.05) is 30.2 Å². The molecule has 3 N–H and O–H groups in total. The smallest absolute Gasteiger partial charge is 0.326 e. The van der Waals surface area contributed by atoms with Gasteiger partial charge in [-0.25, -0.2) is 14.0 Å². The zero-order valence-corrected chi connectivity index (χ0v) is 15.6. The Kier molecular flexibility index (Phi) is 6.78. The molecule has 0 atom stereocenters. The lowest BCUT2D eigenvalue weighted by atomic mass is 10.2. The number of para-hydroxylation sites is 2. The number of halogens is 1. The predicted molar refractivity (Wildman–Crippen MR) is 113 cm³/mol. The first-order valence-corrected chi connectivity index (χ1v) is 9.11. The fraction of sp³-hybridized carbons (Fsp3) is 0.0909. The summed E-state index contributed by atoms with van der Waals surface area (Å²) < 4.78 is 13.3. The van der Waals surface area contributed by atoms with Crippen molar-refractivity contribution in [1.29, 1.82) is 0 Å². The molecule has 148 valence electrons. The maximum Gasteiger partial charge on any atom is 0.326 e. The molecule has 0 aliphatic carbocycles. The molecule has 0 unspecified atom stereocenters. The van der Waals surface area contributed by atoms with E-state index in [4.69, 9.17) is 0 Å². The third-order valence-electron chi connectivity index (χ3n) is 4.06. The number of nitrogens with zero attached hydrogens (tertiary/aromatic N) is 1. The zero-order valence-electron chi connectivity index (χ0n) is 15.6. The van der Waals surface area contributed by atoms with Crippen molar-refractivity contribution in [1.82, 2.24) is 5.32 Å². The SMILES string of the molecule is O=C(NCCN(C(=O)Nc1ccccc1)c1ccc(F)cc1)Nc1ccccc1. The van der Waals surface area contributed by atoms with Crippen molar-refractivity contribution in [3.63, 3.8) is 0 Å². The standard InChI is InChI=1S/C22H21FN4O2/c23-17-11-13-20(14-12-17)27(22(29)26-19-9-5-2-6-10-19)16-15-24-21(28)25-18-7-3-1-4-8-18/h1-14H,15-16H2,(H,26,29)(H2,24,25,28). The van der Waals surface area contributed by atoms with Gasteiger partial charge in [-0.2, -0.15) is 0 Å². The highest BCUT2D eigenvalue weighted by Gasteiger charge is 2.16. The van der Waals surface area contributed by atoms with Gasteiger partial charge in [0.1, 0.15) is 5.82 Å². The van der Waals surface area contributed by atoms with Crippen LogP contribution in [0.2, 0.25) is 0 Å². The second kappa shape index (κ2) is 9.89. The van der Waals surface area contributed by atoms with Gasteiger partial charge in [0.2, 0.25) is 0 Å². The number of anilines is 3. The van der Waals surface area contributed by atoms with Gasteiger partial charge in [0.25, 0.3) is 0 Å². The van der Waals surface area contributed by atoms with Crippen LogP contribution in [0.15, 0.2) is 84.9 Å². The molecular weight excluding hydrogens is 371 g/mol. The molecule has 0 aromatic heterocycles. The quantitative estimate of drug-likeness (QED) is 0.570. The Labute approximate surface area is 168 Å². The van der Waals surface area contributed by atoms with E-state index in [1.165, 1.54) is 29.2 Å². The average molecular weight is 392 g/mol. The van der Waals surface area contributed by atoms with Gasteiger partial charge in [-0.05, 0) is 48.5 Å². The summed E-state index contributed by atoms with van der Waals surface area (Å²) in [5.41, 5.74) is 1.83. The number of urea groups is 2. The Balaban J connectivity index is 1.62. The number of hydrogen-bond acceptors (Lipinski definition) is 2. The summed E-state index contributed by atoms with van der Waals surface area (Å²) in [6, 6.07) is 22.9. The second-order valence-electron chi connectivity index (χ2n) is 6.17. The molecule has 0 bridgehead atoms. The van der Waals surface area contributed by atoms with Crippen molar-refractivity contribution in [3.05, 3.63) is 90.7 Å². The van der Waals surface area contributed by atoms with E-state index in [2.05, 4.69) is 16.0 Å². The van der Waals surface area contributed by atoms with Gasteiger partial charge >= 0.3 is 12.1 Å². The van der Waals surface area contributed by atoms with Gasteiger partial charge in [-0.1, -0.05) is 36.4 Å². The summed E-state index contributed by atoms with van der Waals surface area (Å²) in [5.74, 6) is -0.391. The van der Waals surface area contributed by atoms with Crippen LogP contribution in [0.5, 0.6) is 0 Å². The number of hydrogen-bond donors (Lipinski definition) is 3. The van der Waals surface area contributed by atoms with Crippen LogP contribution in [-0.2, 0) is 0 Å². The van der Waals surface area contributed by atoms with Crippen molar-refractivity contribution in [2.45, 2.75) is 0 Å². The monoisotopic (exact) mass is 392 g/mol. The molecule has 7 heteroatoms. The second-order valence-corrected chi connectivity index (χ2v) is 6.17. The highest BCUT2D eigenvalue weighted by atomic mass is 19.1. The Morgan fingerprint density at radius 2 is 1.31 bits per heavy atom. The molecule has 6 nitrogen and oxygen atoms in total. The van der Waals surface area contributed by atoms with Gasteiger partial charge < -0.3 is 16.0 Å². The molecule has 3 aromatic carbocycles. The zero-order chi connectivity index (χ0) is 20.5. The summed E-state index contributed by atoms with van der Waals surface area (Å²) in [6.07, 6.45) is 0. The Bertz CT molecular complexity index is 934. The number of carbonyl (C=O) groups is 2. The van der Waals surface area contributed by atoms with Crippen molar-refractivity contribution in [2.75, 3.05) is 28.6 Å².